The van der Waals surface area contributed by atoms with Crippen LogP contribution in [0.5, 0.6) is 0 Å². The highest BCUT2D eigenvalue weighted by Crippen LogP contribution is 2.23. The Kier molecular flexibility index (Phi) is 5.04. The second kappa shape index (κ2) is 6.41. The first-order chi connectivity index (χ1) is 9.35. The highest BCUT2D eigenvalue weighted by atomic mass is 32.2. The number of amides is 1. The molecule has 6 nitrogen and oxygen atoms in total. The molecule has 7 heteroatoms. The van der Waals surface area contributed by atoms with Gasteiger partial charge in [-0.1, -0.05) is 6.92 Å². The molecule has 2 aliphatic rings. The van der Waals surface area contributed by atoms with E-state index in [1.807, 2.05) is 0 Å². The summed E-state index contributed by atoms with van der Waals surface area (Å²) in [6, 6.07) is -0.0284. The molecule has 1 heterocycles. The van der Waals surface area contributed by atoms with E-state index in [0.717, 1.165) is 32.1 Å². The summed E-state index contributed by atoms with van der Waals surface area (Å²) in [5.74, 6) is -0.121. The highest BCUT2D eigenvalue weighted by molar-refractivity contribution is 7.90. The summed E-state index contributed by atoms with van der Waals surface area (Å²) in [4.78, 5) is 13.5. The molecule has 1 atom stereocenters. The molecular formula is C13H25N3O3S. The molecule has 1 aliphatic heterocycles. The van der Waals surface area contributed by atoms with Gasteiger partial charge in [0.2, 0.25) is 15.9 Å². The van der Waals surface area contributed by atoms with E-state index in [9.17, 15) is 13.2 Å². The predicted octanol–water partition coefficient (Wildman–Crippen LogP) is 0.0441. The molecule has 2 rings (SSSR count). The predicted molar refractivity (Wildman–Crippen MR) is 77.5 cm³/mol. The zero-order chi connectivity index (χ0) is 14.8. The third-order valence-electron chi connectivity index (χ3n) is 4.25. The Bertz CT molecular complexity index is 444. The molecule has 116 valence electrons. The van der Waals surface area contributed by atoms with Crippen molar-refractivity contribution in [3.05, 3.63) is 0 Å². The van der Waals surface area contributed by atoms with Crippen LogP contribution < -0.4 is 10.5 Å². The lowest BCUT2D eigenvalue weighted by atomic mass is 9.88. The van der Waals surface area contributed by atoms with Crippen molar-refractivity contribution in [1.82, 2.24) is 9.62 Å². The number of hydrogen-bond donors (Lipinski definition) is 2. The normalized spacial score (nSPS) is 31.5. The number of nitrogens with two attached hydrogens (primary N) is 1. The SMILES string of the molecule is CC1CCC(NS(=O)(=O)CC(=O)N2CC[C@@H](N)C2)CC1. The molecule has 0 unspecified atom stereocenters. The van der Waals surface area contributed by atoms with Crippen LogP contribution in [0.25, 0.3) is 0 Å². The molecule has 0 bridgehead atoms. The summed E-state index contributed by atoms with van der Waals surface area (Å²) < 4.78 is 26.8. The van der Waals surface area contributed by atoms with E-state index in [0.29, 0.717) is 19.0 Å². The van der Waals surface area contributed by atoms with Crippen molar-refractivity contribution in [3.8, 4) is 0 Å². The number of rotatable bonds is 4. The molecule has 0 aromatic rings. The number of nitrogens with zero attached hydrogens (tertiary/aromatic N) is 1. The van der Waals surface area contributed by atoms with Gasteiger partial charge in [0.05, 0.1) is 0 Å². The lowest BCUT2D eigenvalue weighted by Crippen LogP contribution is -2.43. The third-order valence-corrected chi connectivity index (χ3v) is 5.57. The van der Waals surface area contributed by atoms with Gasteiger partial charge >= 0.3 is 0 Å². The van der Waals surface area contributed by atoms with Crippen molar-refractivity contribution in [2.75, 3.05) is 18.8 Å². The standard InChI is InChI=1S/C13H25N3O3S/c1-10-2-4-12(5-3-10)15-20(18,19)9-13(17)16-7-6-11(14)8-16/h10-12,15H,2-9,14H2,1H3/t10?,11-,12?/m1/s1. The van der Waals surface area contributed by atoms with Gasteiger partial charge in [-0.2, -0.15) is 0 Å². The van der Waals surface area contributed by atoms with E-state index in [2.05, 4.69) is 11.6 Å². The molecule has 0 spiro atoms. The van der Waals surface area contributed by atoms with Gasteiger partial charge in [0.25, 0.3) is 0 Å². The van der Waals surface area contributed by atoms with Crippen LogP contribution in [0, 0.1) is 5.92 Å². The number of sulfonamides is 1. The minimum atomic E-state index is -3.53. The topological polar surface area (TPSA) is 92.5 Å². The van der Waals surface area contributed by atoms with Crippen LogP contribution in [0.1, 0.15) is 39.0 Å². The van der Waals surface area contributed by atoms with Gasteiger partial charge in [-0.3, -0.25) is 4.79 Å². The van der Waals surface area contributed by atoms with Crippen LogP contribution in [0.3, 0.4) is 0 Å². The van der Waals surface area contributed by atoms with Crippen LogP contribution in [-0.2, 0) is 14.8 Å². The van der Waals surface area contributed by atoms with Crippen LogP contribution in [-0.4, -0.2) is 50.2 Å². The smallest absolute Gasteiger partial charge is 0.239 e. The second-order valence-electron chi connectivity index (χ2n) is 6.22. The van der Waals surface area contributed by atoms with Crippen molar-refractivity contribution in [2.24, 2.45) is 11.7 Å². The second-order valence-corrected chi connectivity index (χ2v) is 7.98. The third kappa shape index (κ3) is 4.43. The van der Waals surface area contributed by atoms with Crippen molar-refractivity contribution in [1.29, 1.82) is 0 Å². The molecule has 0 aromatic carbocycles. The van der Waals surface area contributed by atoms with Crippen molar-refractivity contribution >= 4 is 15.9 Å². The summed E-state index contributed by atoms with van der Waals surface area (Å²) >= 11 is 0. The minimum absolute atomic E-state index is 0.00941. The van der Waals surface area contributed by atoms with E-state index in [-0.39, 0.29) is 18.0 Å². The van der Waals surface area contributed by atoms with E-state index < -0.39 is 15.8 Å². The van der Waals surface area contributed by atoms with Crippen LogP contribution in [0.2, 0.25) is 0 Å². The fourth-order valence-corrected chi connectivity index (χ4v) is 4.28. The van der Waals surface area contributed by atoms with E-state index in [1.165, 1.54) is 0 Å². The zero-order valence-corrected chi connectivity index (χ0v) is 12.9. The number of carbonyl (C=O) groups excluding carboxylic acids is 1. The Morgan fingerprint density at radius 2 is 1.90 bits per heavy atom. The van der Waals surface area contributed by atoms with Gasteiger partial charge in [-0.05, 0) is 38.0 Å². The average molecular weight is 303 g/mol. The Hall–Kier alpha value is -0.660. The molecule has 1 saturated carbocycles. The summed E-state index contributed by atoms with van der Waals surface area (Å²) in [5.41, 5.74) is 5.73. The molecule has 3 N–H and O–H groups in total. The summed E-state index contributed by atoms with van der Waals surface area (Å²) in [6.45, 7) is 3.22. The first kappa shape index (κ1) is 15.7. The highest BCUT2D eigenvalue weighted by Gasteiger charge is 2.29. The maximum atomic E-state index is 12.0. The van der Waals surface area contributed by atoms with Gasteiger partial charge in [-0.15, -0.1) is 0 Å². The molecule has 0 aromatic heterocycles. The number of carbonyl (C=O) groups is 1. The molecule has 2 fully saturated rings. The monoisotopic (exact) mass is 303 g/mol. The lowest BCUT2D eigenvalue weighted by molar-refractivity contribution is -0.127. The van der Waals surface area contributed by atoms with Crippen LogP contribution >= 0.6 is 0 Å². The molecule has 1 amide bonds. The molecular weight excluding hydrogens is 278 g/mol. The summed E-state index contributed by atoms with van der Waals surface area (Å²) in [6.07, 6.45) is 4.57. The fraction of sp³-hybridized carbons (Fsp3) is 0.923. The average Bonchev–Trinajstić information content (AvgIpc) is 2.78. The van der Waals surface area contributed by atoms with Gasteiger partial charge < -0.3 is 10.6 Å². The van der Waals surface area contributed by atoms with Crippen molar-refractivity contribution in [3.63, 3.8) is 0 Å². The molecule has 20 heavy (non-hydrogen) atoms. The Morgan fingerprint density at radius 1 is 1.25 bits per heavy atom. The Balaban J connectivity index is 1.83. The number of hydrogen-bond acceptors (Lipinski definition) is 4. The lowest BCUT2D eigenvalue weighted by Gasteiger charge is -2.27. The molecule has 1 aliphatic carbocycles. The first-order valence-electron chi connectivity index (χ1n) is 7.39. The summed E-state index contributed by atoms with van der Waals surface area (Å²) in [7, 11) is -3.53. The maximum absolute atomic E-state index is 12.0. The van der Waals surface area contributed by atoms with Crippen LogP contribution in [0.4, 0.5) is 0 Å². The van der Waals surface area contributed by atoms with E-state index >= 15 is 0 Å². The zero-order valence-electron chi connectivity index (χ0n) is 12.0. The van der Waals surface area contributed by atoms with Gasteiger partial charge in [-0.25, -0.2) is 13.1 Å². The number of nitrogens with one attached hydrogen (secondary N) is 1. The van der Waals surface area contributed by atoms with E-state index in [1.54, 1.807) is 4.90 Å². The fourth-order valence-electron chi connectivity index (χ4n) is 2.94. The quantitative estimate of drug-likeness (QED) is 0.767. The van der Waals surface area contributed by atoms with E-state index in [4.69, 9.17) is 5.73 Å². The van der Waals surface area contributed by atoms with Gasteiger partial charge in [0.1, 0.15) is 5.75 Å². The minimum Gasteiger partial charge on any atom is -0.340 e. The summed E-state index contributed by atoms with van der Waals surface area (Å²) in [5, 5.41) is 0. The van der Waals surface area contributed by atoms with Crippen molar-refractivity contribution in [2.45, 2.75) is 51.1 Å². The van der Waals surface area contributed by atoms with Crippen molar-refractivity contribution < 1.29 is 13.2 Å². The molecule has 1 saturated heterocycles. The number of likely N-dealkylation sites (tertiary alicyclic amines) is 1. The van der Waals surface area contributed by atoms with Gasteiger partial charge in [0, 0.05) is 25.2 Å². The largest absolute Gasteiger partial charge is 0.340 e. The Labute approximate surface area is 121 Å². The van der Waals surface area contributed by atoms with Gasteiger partial charge in [0.15, 0.2) is 0 Å². The Morgan fingerprint density at radius 3 is 2.45 bits per heavy atom. The van der Waals surface area contributed by atoms with Crippen LogP contribution in [0.15, 0.2) is 0 Å². The molecule has 0 radical (unpaired) electrons. The first-order valence-corrected chi connectivity index (χ1v) is 9.04. The maximum Gasteiger partial charge on any atom is 0.239 e.